The zero-order chi connectivity index (χ0) is 33.2. The summed E-state index contributed by atoms with van der Waals surface area (Å²) in [6, 6.07) is 11.7. The first-order chi connectivity index (χ1) is 21.9. The molecule has 2 bridgehead atoms. The molecule has 1 saturated carbocycles. The van der Waals surface area contributed by atoms with Gasteiger partial charge in [-0.15, -0.1) is 0 Å². The molecule has 11 nitrogen and oxygen atoms in total. The van der Waals surface area contributed by atoms with E-state index < -0.39 is 29.9 Å². The van der Waals surface area contributed by atoms with Crippen molar-refractivity contribution in [1.29, 1.82) is 0 Å². The molecule has 0 aromatic heterocycles. The van der Waals surface area contributed by atoms with Crippen LogP contribution in [-0.2, 0) is 27.4 Å². The standard InChI is InChI=1S/C35H45N3O8/c1-22-25(7-6-8-30(22)45-16-15-44-5)18-37(26-13-14-26)32(40)31-28(24-11-9-23(21-39)10-12-24)17-27-19-36(34(43)46-35(2,3)4)20-29(31)38(27)33(41)42/h6-12,26-27,29,39H,13-21H2,1-5H3,(H,41,42). The van der Waals surface area contributed by atoms with Crippen molar-refractivity contribution in [3.05, 3.63) is 70.3 Å². The van der Waals surface area contributed by atoms with E-state index in [2.05, 4.69) is 0 Å². The van der Waals surface area contributed by atoms with Crippen LogP contribution in [0.5, 0.6) is 5.75 Å². The molecule has 1 aliphatic carbocycles. The number of nitrogens with zero attached hydrogens (tertiary/aromatic N) is 3. The van der Waals surface area contributed by atoms with Crippen LogP contribution in [0.25, 0.3) is 5.57 Å². The second-order valence-electron chi connectivity index (χ2n) is 13.2. The Morgan fingerprint density at radius 3 is 2.35 bits per heavy atom. The Hall–Kier alpha value is -4.09. The topological polar surface area (TPSA) is 129 Å². The number of amides is 3. The number of benzene rings is 2. The quantitative estimate of drug-likeness (QED) is 0.356. The van der Waals surface area contributed by atoms with Gasteiger partial charge in [-0.3, -0.25) is 9.69 Å². The first-order valence-electron chi connectivity index (χ1n) is 15.9. The molecule has 2 aliphatic heterocycles. The molecule has 2 atom stereocenters. The van der Waals surface area contributed by atoms with Crippen molar-refractivity contribution >= 4 is 23.7 Å². The lowest BCUT2D eigenvalue weighted by atomic mass is 9.81. The van der Waals surface area contributed by atoms with Crippen molar-refractivity contribution in [3.63, 3.8) is 0 Å². The number of hydrogen-bond donors (Lipinski definition) is 2. The van der Waals surface area contributed by atoms with E-state index in [0.717, 1.165) is 46.4 Å². The lowest BCUT2D eigenvalue weighted by molar-refractivity contribution is -0.129. The third kappa shape index (κ3) is 7.31. The van der Waals surface area contributed by atoms with Gasteiger partial charge in [0.25, 0.3) is 5.91 Å². The number of carboxylic acid groups (broad SMARTS) is 1. The SMILES string of the molecule is COCCOc1cccc(CN(C(=O)C2=C(c3ccc(CO)cc3)CC3CN(C(=O)OC(C)(C)C)CC2N3C(=O)O)C2CC2)c1C. The van der Waals surface area contributed by atoms with E-state index in [1.165, 1.54) is 9.80 Å². The number of piperazine rings is 1. The molecule has 2 aromatic carbocycles. The van der Waals surface area contributed by atoms with E-state index in [1.54, 1.807) is 27.9 Å². The van der Waals surface area contributed by atoms with Crippen LogP contribution < -0.4 is 4.74 Å². The predicted molar refractivity (Wildman–Crippen MR) is 171 cm³/mol. The fraction of sp³-hybridized carbons (Fsp3) is 0.514. The maximum Gasteiger partial charge on any atom is 0.410 e. The minimum absolute atomic E-state index is 0.00261. The molecule has 2 fully saturated rings. The molecule has 248 valence electrons. The van der Waals surface area contributed by atoms with Crippen LogP contribution >= 0.6 is 0 Å². The Balaban J connectivity index is 1.56. The molecule has 1 saturated heterocycles. The molecule has 2 N–H and O–H groups in total. The van der Waals surface area contributed by atoms with Gasteiger partial charge in [-0.05, 0) is 80.9 Å². The summed E-state index contributed by atoms with van der Waals surface area (Å²) < 4.78 is 16.7. The normalized spacial score (nSPS) is 19.6. The molecular formula is C35H45N3O8. The summed E-state index contributed by atoms with van der Waals surface area (Å²) in [5.41, 5.74) is 3.81. The summed E-state index contributed by atoms with van der Waals surface area (Å²) in [6.07, 6.45) is 0.288. The van der Waals surface area contributed by atoms with Gasteiger partial charge in [0.2, 0.25) is 0 Å². The number of fused-ring (bicyclic) bond motifs is 2. The number of rotatable bonds is 10. The summed E-state index contributed by atoms with van der Waals surface area (Å²) in [5.74, 6) is 0.481. The number of aliphatic hydroxyl groups is 1. The van der Waals surface area contributed by atoms with E-state index in [9.17, 15) is 24.6 Å². The second kappa shape index (κ2) is 13.7. The van der Waals surface area contributed by atoms with E-state index in [-0.39, 0.29) is 38.1 Å². The Morgan fingerprint density at radius 2 is 1.74 bits per heavy atom. The third-order valence-electron chi connectivity index (χ3n) is 8.77. The molecule has 2 aromatic rings. The zero-order valence-electron chi connectivity index (χ0n) is 27.3. The second-order valence-corrected chi connectivity index (χ2v) is 13.2. The lowest BCUT2D eigenvalue weighted by Crippen LogP contribution is -2.65. The Bertz CT molecular complexity index is 1480. The largest absolute Gasteiger partial charge is 0.491 e. The minimum atomic E-state index is -1.13. The van der Waals surface area contributed by atoms with Gasteiger partial charge in [-0.25, -0.2) is 9.59 Å². The molecule has 2 heterocycles. The average molecular weight is 636 g/mol. The number of ether oxygens (including phenoxy) is 3. The molecule has 46 heavy (non-hydrogen) atoms. The number of aliphatic hydroxyl groups excluding tert-OH is 1. The van der Waals surface area contributed by atoms with Gasteiger partial charge >= 0.3 is 12.2 Å². The maximum atomic E-state index is 14.9. The van der Waals surface area contributed by atoms with Crippen LogP contribution in [-0.4, -0.2) is 100 Å². The van der Waals surface area contributed by atoms with E-state index >= 15 is 0 Å². The Morgan fingerprint density at radius 1 is 1.02 bits per heavy atom. The third-order valence-corrected chi connectivity index (χ3v) is 8.77. The Labute approximate surface area is 270 Å². The molecular weight excluding hydrogens is 590 g/mol. The van der Waals surface area contributed by atoms with E-state index in [4.69, 9.17) is 14.2 Å². The first-order valence-corrected chi connectivity index (χ1v) is 15.9. The summed E-state index contributed by atoms with van der Waals surface area (Å²) in [4.78, 5) is 45.6. The van der Waals surface area contributed by atoms with Gasteiger partial charge < -0.3 is 34.2 Å². The van der Waals surface area contributed by atoms with Gasteiger partial charge in [-0.1, -0.05) is 36.4 Å². The van der Waals surface area contributed by atoms with Gasteiger partial charge in [0, 0.05) is 38.4 Å². The lowest BCUT2D eigenvalue weighted by Gasteiger charge is -2.50. The molecule has 3 amide bonds. The number of hydrogen-bond acceptors (Lipinski definition) is 7. The molecule has 0 spiro atoms. The first kappa shape index (κ1) is 33.3. The highest BCUT2D eigenvalue weighted by atomic mass is 16.6. The summed E-state index contributed by atoms with van der Waals surface area (Å²) in [5, 5.41) is 20.1. The van der Waals surface area contributed by atoms with Crippen molar-refractivity contribution in [2.24, 2.45) is 0 Å². The minimum Gasteiger partial charge on any atom is -0.491 e. The monoisotopic (exact) mass is 635 g/mol. The van der Waals surface area contributed by atoms with E-state index in [0.29, 0.717) is 25.3 Å². The highest BCUT2D eigenvalue weighted by Crippen LogP contribution is 2.41. The number of carbonyl (C=O) groups is 3. The van der Waals surface area contributed by atoms with Crippen LogP contribution in [0, 0.1) is 6.92 Å². The smallest absolute Gasteiger partial charge is 0.410 e. The zero-order valence-corrected chi connectivity index (χ0v) is 27.3. The molecule has 11 heteroatoms. The highest BCUT2D eigenvalue weighted by Gasteiger charge is 2.50. The van der Waals surface area contributed by atoms with Gasteiger partial charge in [0.05, 0.1) is 25.3 Å². The van der Waals surface area contributed by atoms with Crippen molar-refractivity contribution in [3.8, 4) is 5.75 Å². The van der Waals surface area contributed by atoms with Crippen LogP contribution in [0.15, 0.2) is 48.0 Å². The van der Waals surface area contributed by atoms with Crippen LogP contribution in [0.2, 0.25) is 0 Å². The molecule has 5 rings (SSSR count). The van der Waals surface area contributed by atoms with Crippen molar-refractivity contribution < 1.29 is 38.8 Å². The van der Waals surface area contributed by atoms with Crippen LogP contribution in [0.1, 0.15) is 62.3 Å². The fourth-order valence-corrected chi connectivity index (χ4v) is 6.34. The van der Waals surface area contributed by atoms with Gasteiger partial charge in [0.1, 0.15) is 18.0 Å². The number of methoxy groups -OCH3 is 1. The summed E-state index contributed by atoms with van der Waals surface area (Å²) >= 11 is 0. The number of carbonyl (C=O) groups excluding carboxylic acids is 2. The van der Waals surface area contributed by atoms with Crippen molar-refractivity contribution in [2.75, 3.05) is 33.4 Å². The Kier molecular flexibility index (Phi) is 9.93. The van der Waals surface area contributed by atoms with E-state index in [1.807, 2.05) is 54.3 Å². The van der Waals surface area contributed by atoms with Crippen molar-refractivity contribution in [1.82, 2.24) is 14.7 Å². The summed E-state index contributed by atoms with van der Waals surface area (Å²) in [6.45, 7) is 8.55. The van der Waals surface area contributed by atoms with Crippen LogP contribution in [0.4, 0.5) is 9.59 Å². The maximum absolute atomic E-state index is 14.9. The van der Waals surface area contributed by atoms with Crippen LogP contribution in [0.3, 0.4) is 0 Å². The average Bonchev–Trinajstić information content (AvgIpc) is 3.85. The van der Waals surface area contributed by atoms with Crippen molar-refractivity contribution in [2.45, 2.75) is 83.8 Å². The molecule has 3 aliphatic rings. The molecule has 0 radical (unpaired) electrons. The highest BCUT2D eigenvalue weighted by molar-refractivity contribution is 6.04. The van der Waals surface area contributed by atoms with Gasteiger partial charge in [0.15, 0.2) is 0 Å². The summed E-state index contributed by atoms with van der Waals surface area (Å²) in [7, 11) is 1.62. The fourth-order valence-electron chi connectivity index (χ4n) is 6.34. The predicted octanol–water partition coefficient (Wildman–Crippen LogP) is 4.83. The van der Waals surface area contributed by atoms with Gasteiger partial charge in [-0.2, -0.15) is 0 Å². The molecule has 2 unspecified atom stereocenters.